The minimum absolute atomic E-state index is 0. The van der Waals surface area contributed by atoms with Crippen molar-refractivity contribution in [2.75, 3.05) is 13.2 Å². The normalized spacial score (nSPS) is 10.1. The van der Waals surface area contributed by atoms with Gasteiger partial charge in [-0.15, -0.1) is 0 Å². The Kier molecular flexibility index (Phi) is 6.87. The van der Waals surface area contributed by atoms with E-state index in [1.807, 2.05) is 26.0 Å². The van der Waals surface area contributed by atoms with Crippen LogP contribution < -0.4 is 14.1 Å². The topological polar surface area (TPSA) is 44.2 Å². The molecule has 0 aliphatic rings. The number of ether oxygens (including phenoxy) is 2. The van der Waals surface area contributed by atoms with Crippen molar-refractivity contribution in [3.8, 4) is 11.5 Å². The Balaban J connectivity index is 0.00000180. The van der Waals surface area contributed by atoms with Crippen molar-refractivity contribution in [1.82, 2.24) is 9.97 Å². The minimum atomic E-state index is 0. The monoisotopic (exact) mass is 354 g/mol. The molecule has 0 bridgehead atoms. The summed E-state index contributed by atoms with van der Waals surface area (Å²) in [4.78, 5) is 8.26. The van der Waals surface area contributed by atoms with Crippen LogP contribution in [0.5, 0.6) is 11.5 Å². The first kappa shape index (κ1) is 17.0. The van der Waals surface area contributed by atoms with Crippen molar-refractivity contribution in [3.05, 3.63) is 17.4 Å². The van der Waals surface area contributed by atoms with E-state index in [2.05, 4.69) is 26.0 Å². The molecule has 0 spiro atoms. The van der Waals surface area contributed by atoms with Crippen LogP contribution in [0.3, 0.4) is 0 Å². The zero-order valence-corrected chi connectivity index (χ0v) is 15.5. The third-order valence-electron chi connectivity index (χ3n) is 2.30. The Morgan fingerprint density at radius 2 is 1.68 bits per heavy atom. The molecule has 0 saturated heterocycles. The molecule has 0 fully saturated rings. The predicted octanol–water partition coefficient (Wildman–Crippen LogP) is 1.49. The number of aromatic nitrogens is 2. The summed E-state index contributed by atoms with van der Waals surface area (Å²) in [5.41, 5.74) is 0.732. The Morgan fingerprint density at radius 1 is 1.11 bits per heavy atom. The third-order valence-corrected chi connectivity index (χ3v) is 3.12. The molecule has 1 heterocycles. The molecule has 19 heavy (non-hydrogen) atoms. The maximum absolute atomic E-state index is 5.84. The number of hydrogen-bond donors (Lipinski definition) is 0. The van der Waals surface area contributed by atoms with Crippen LogP contribution in [0.1, 0.15) is 13.8 Å². The van der Waals surface area contributed by atoms with E-state index in [1.165, 1.54) is 0 Å². The van der Waals surface area contributed by atoms with E-state index in [-0.39, 0.29) is 34.8 Å². The summed E-state index contributed by atoms with van der Waals surface area (Å²) in [6.07, 6.45) is 0. The second kappa shape index (κ2) is 7.67. The van der Waals surface area contributed by atoms with Crippen molar-refractivity contribution in [3.63, 3.8) is 0 Å². The number of hydrogen-bond acceptors (Lipinski definition) is 4. The van der Waals surface area contributed by atoms with E-state index in [0.29, 0.717) is 29.3 Å². The summed E-state index contributed by atoms with van der Waals surface area (Å²) in [7, 11) is 0. The molecule has 0 unspecified atom stereocenters. The number of halogens is 1. The van der Waals surface area contributed by atoms with Crippen LogP contribution in [0, 0.1) is 0 Å². The fourth-order valence-corrected chi connectivity index (χ4v) is 2.43. The van der Waals surface area contributed by atoms with E-state index >= 15 is 0 Å². The van der Waals surface area contributed by atoms with Gasteiger partial charge in [0.05, 0.1) is 0 Å². The van der Waals surface area contributed by atoms with Gasteiger partial charge in [-0.2, -0.15) is 0 Å². The van der Waals surface area contributed by atoms with Crippen LogP contribution in [-0.4, -0.2) is 68.8 Å². The summed E-state index contributed by atoms with van der Waals surface area (Å²) >= 11 is 8.71. The maximum atomic E-state index is 5.84. The van der Waals surface area contributed by atoms with Crippen LogP contribution in [0.15, 0.2) is 12.1 Å². The SMILES string of the molecule is CCOc1cc2nc(Cl)nc([Se])c2cc1OCC.[Na]. The van der Waals surface area contributed by atoms with Crippen molar-refractivity contribution in [2.24, 2.45) is 0 Å². The van der Waals surface area contributed by atoms with Gasteiger partial charge in [-0.3, -0.25) is 0 Å². The third kappa shape index (κ3) is 3.97. The molecule has 0 atom stereocenters. The van der Waals surface area contributed by atoms with Gasteiger partial charge in [0, 0.05) is 29.6 Å². The predicted molar refractivity (Wildman–Crippen MR) is 78.0 cm³/mol. The smallest absolute Gasteiger partial charge is 0 e. The molecule has 2 aromatic rings. The van der Waals surface area contributed by atoms with Crippen LogP contribution in [0.2, 0.25) is 5.28 Å². The Bertz CT molecular complexity index is 583. The van der Waals surface area contributed by atoms with E-state index in [9.17, 15) is 0 Å². The van der Waals surface area contributed by atoms with Gasteiger partial charge in [-0.05, 0) is 0 Å². The average Bonchev–Trinajstić information content (AvgIpc) is 2.31. The van der Waals surface area contributed by atoms with Crippen LogP contribution >= 0.6 is 11.6 Å². The number of rotatable bonds is 4. The zero-order valence-electron chi connectivity index (χ0n) is 11.1. The molecule has 0 saturated carbocycles. The Hall–Kier alpha value is -0.0305. The maximum Gasteiger partial charge on any atom is 0 e. The van der Waals surface area contributed by atoms with E-state index < -0.39 is 0 Å². The van der Waals surface area contributed by atoms with Gasteiger partial charge in [-0.25, -0.2) is 0 Å². The van der Waals surface area contributed by atoms with Crippen LogP contribution in [0.25, 0.3) is 10.9 Å². The quantitative estimate of drug-likeness (QED) is 0.617. The average molecular weight is 354 g/mol. The summed E-state index contributed by atoms with van der Waals surface area (Å²) < 4.78 is 11.8. The molecule has 0 N–H and O–H groups in total. The Morgan fingerprint density at radius 3 is 2.26 bits per heavy atom. The molecule has 0 aliphatic heterocycles. The molecule has 1 aromatic carbocycles. The summed E-state index contributed by atoms with van der Waals surface area (Å²) in [5, 5.41) is 1.08. The molecule has 2 radical (unpaired) electrons. The van der Waals surface area contributed by atoms with Gasteiger partial charge in [0.1, 0.15) is 0 Å². The van der Waals surface area contributed by atoms with Crippen molar-refractivity contribution >= 4 is 72.7 Å². The first-order valence-corrected chi connectivity index (χ1v) is 6.83. The molecule has 7 heteroatoms. The Labute approximate surface area is 147 Å². The zero-order chi connectivity index (χ0) is 13.1. The molecule has 0 amide bonds. The second-order valence-electron chi connectivity index (χ2n) is 3.48. The summed E-state index contributed by atoms with van der Waals surface area (Å²) in [6, 6.07) is 3.68. The van der Waals surface area contributed by atoms with Gasteiger partial charge in [-0.1, -0.05) is 0 Å². The van der Waals surface area contributed by atoms with E-state index in [4.69, 9.17) is 21.1 Å². The second-order valence-corrected chi connectivity index (χ2v) is 4.63. The van der Waals surface area contributed by atoms with Crippen LogP contribution in [-0.2, 0) is 0 Å². The first-order valence-electron chi connectivity index (χ1n) is 5.59. The number of benzene rings is 1. The van der Waals surface area contributed by atoms with E-state index in [1.54, 1.807) is 0 Å². The molecular weight excluding hydrogens is 342 g/mol. The fraction of sp³-hybridized carbons (Fsp3) is 0.333. The van der Waals surface area contributed by atoms with Gasteiger partial charge in [0.15, 0.2) is 0 Å². The van der Waals surface area contributed by atoms with Crippen molar-refractivity contribution in [1.29, 1.82) is 0 Å². The largest absolute Gasteiger partial charge is 0 e. The molecular formula is C12H12ClN2NaO2Se. The number of fused-ring (bicyclic) bond motifs is 1. The standard InChI is InChI=1S/C12H12ClN2O2Se.Na/c1-3-16-9-5-7-8(6-10(9)17-4-2)14-12(13)15-11(7)18;/h5-6H,3-4H2,1-2H3;. The fourth-order valence-electron chi connectivity index (χ4n) is 1.62. The summed E-state index contributed by atoms with van der Waals surface area (Å²) in [6.45, 7) is 4.99. The van der Waals surface area contributed by atoms with Gasteiger partial charge in [0.25, 0.3) is 0 Å². The number of nitrogens with zero attached hydrogens (tertiary/aromatic N) is 2. The molecule has 4 nitrogen and oxygen atoms in total. The minimum Gasteiger partial charge on any atom is 0 e. The summed E-state index contributed by atoms with van der Waals surface area (Å²) in [5.74, 6) is 1.36. The van der Waals surface area contributed by atoms with Gasteiger partial charge >= 0.3 is 119 Å². The van der Waals surface area contributed by atoms with E-state index in [0.717, 1.165) is 10.9 Å². The first-order chi connectivity index (χ1) is 8.65. The molecule has 1 aromatic heterocycles. The molecule has 0 aliphatic carbocycles. The van der Waals surface area contributed by atoms with Gasteiger partial charge < -0.3 is 0 Å². The van der Waals surface area contributed by atoms with Crippen molar-refractivity contribution < 1.29 is 9.47 Å². The molecule has 2 rings (SSSR count). The van der Waals surface area contributed by atoms with Crippen LogP contribution in [0.4, 0.5) is 0 Å². The van der Waals surface area contributed by atoms with Gasteiger partial charge in [0.2, 0.25) is 0 Å². The molecule has 96 valence electrons. The van der Waals surface area contributed by atoms with Crippen molar-refractivity contribution in [2.45, 2.75) is 13.8 Å².